The molecule has 0 unspecified atom stereocenters. The van der Waals surface area contributed by atoms with Crippen molar-refractivity contribution in [2.24, 2.45) is 7.05 Å². The normalized spacial score (nSPS) is 11.0. The number of hydrogen-bond donors (Lipinski definition) is 0. The van der Waals surface area contributed by atoms with Gasteiger partial charge in [-0.1, -0.05) is 36.4 Å². The highest BCUT2D eigenvalue weighted by Crippen LogP contribution is 2.32. The monoisotopic (exact) mass is 338 g/mol. The molecule has 3 aromatic rings. The van der Waals surface area contributed by atoms with Gasteiger partial charge in [0, 0.05) is 12.6 Å². The fourth-order valence-corrected chi connectivity index (χ4v) is 2.60. The number of aryl methyl sites for hydroxylation is 1. The highest BCUT2D eigenvalue weighted by Gasteiger charge is 2.16. The van der Waals surface area contributed by atoms with E-state index in [9.17, 15) is 8.78 Å². The number of aromatic nitrogens is 4. The molecule has 0 radical (unpaired) electrons. The fourth-order valence-electron chi connectivity index (χ4n) is 2.60. The molecule has 0 spiro atoms. The zero-order chi connectivity index (χ0) is 17.8. The molecule has 4 nitrogen and oxygen atoms in total. The van der Waals surface area contributed by atoms with Gasteiger partial charge in [-0.15, -0.1) is 5.10 Å². The largest absolute Gasteiger partial charge is 0.229 e. The molecule has 2 aromatic carbocycles. The van der Waals surface area contributed by atoms with Crippen LogP contribution < -0.4 is 0 Å². The first-order valence-electron chi connectivity index (χ1n) is 7.71. The Morgan fingerprint density at radius 2 is 1.44 bits per heavy atom. The Morgan fingerprint density at radius 3 is 1.84 bits per heavy atom. The molecule has 1 heterocycles. The van der Waals surface area contributed by atoms with Gasteiger partial charge in [0.25, 0.3) is 0 Å². The van der Waals surface area contributed by atoms with Crippen LogP contribution in [0.3, 0.4) is 0 Å². The molecule has 0 saturated carbocycles. The Kier molecular flexibility index (Phi) is 4.79. The van der Waals surface area contributed by atoms with Crippen LogP contribution in [0.25, 0.3) is 11.1 Å². The number of nitrogens with zero attached hydrogens (tertiary/aromatic N) is 4. The molecule has 0 fully saturated rings. The van der Waals surface area contributed by atoms with E-state index in [4.69, 9.17) is 0 Å². The number of halogens is 2. The molecule has 0 amide bonds. The maximum atomic E-state index is 13.4. The molecule has 0 aliphatic carbocycles. The maximum Gasteiger partial charge on any atom is 0.182 e. The summed E-state index contributed by atoms with van der Waals surface area (Å²) in [5.41, 5.74) is 3.11. The predicted molar refractivity (Wildman–Crippen MR) is 92.3 cm³/mol. The second-order valence-electron chi connectivity index (χ2n) is 5.43. The first-order valence-corrected chi connectivity index (χ1v) is 7.71. The smallest absolute Gasteiger partial charge is 0.182 e. The van der Waals surface area contributed by atoms with Gasteiger partial charge >= 0.3 is 0 Å². The highest BCUT2D eigenvalue weighted by molar-refractivity contribution is 6.00. The number of rotatable bonds is 4. The lowest BCUT2D eigenvalue weighted by Gasteiger charge is -2.13. The summed E-state index contributed by atoms with van der Waals surface area (Å²) in [5, 5.41) is 11.7. The molecule has 1 aromatic heterocycles. The third-order valence-electron chi connectivity index (χ3n) is 3.73. The van der Waals surface area contributed by atoms with E-state index < -0.39 is 0 Å². The highest BCUT2D eigenvalue weighted by atomic mass is 19.1. The minimum absolute atomic E-state index is 0.324. The first kappa shape index (κ1) is 16.7. The lowest BCUT2D eigenvalue weighted by molar-refractivity contribution is 0.627. The summed E-state index contributed by atoms with van der Waals surface area (Å²) in [6.07, 6.45) is 3.75. The zero-order valence-electron chi connectivity index (χ0n) is 13.8. The molecule has 0 bridgehead atoms. The summed E-state index contributed by atoms with van der Waals surface area (Å²) in [5.74, 6) is -0.0908. The van der Waals surface area contributed by atoms with Crippen molar-refractivity contribution < 1.29 is 8.78 Å². The Hall–Kier alpha value is -3.15. The fraction of sp³-hybridized carbons (Fsp3) is 0.105. The van der Waals surface area contributed by atoms with Gasteiger partial charge in [0.15, 0.2) is 5.82 Å². The van der Waals surface area contributed by atoms with E-state index in [-0.39, 0.29) is 11.6 Å². The zero-order valence-corrected chi connectivity index (χ0v) is 13.8. The number of benzene rings is 2. The standard InChI is InChI=1S/C19H16F2N4/c1-3-4-17(19-22-23-24-25(19)2)18(13-5-9-15(20)10-6-13)14-7-11-16(21)12-8-14/h3-12H,1-2H3. The summed E-state index contributed by atoms with van der Waals surface area (Å²) in [4.78, 5) is 0. The van der Waals surface area contributed by atoms with E-state index in [1.807, 2.05) is 19.1 Å². The molecule has 0 N–H and O–H groups in total. The van der Waals surface area contributed by atoms with E-state index in [0.717, 1.165) is 22.3 Å². The lowest BCUT2D eigenvalue weighted by atomic mass is 9.92. The van der Waals surface area contributed by atoms with Crippen molar-refractivity contribution in [3.05, 3.63) is 89.3 Å². The molecule has 6 heteroatoms. The second-order valence-corrected chi connectivity index (χ2v) is 5.43. The van der Waals surface area contributed by atoms with Crippen LogP contribution in [-0.4, -0.2) is 20.2 Å². The van der Waals surface area contributed by atoms with Gasteiger partial charge in [-0.05, 0) is 58.3 Å². The van der Waals surface area contributed by atoms with Crippen LogP contribution in [0.4, 0.5) is 8.78 Å². The average molecular weight is 338 g/mol. The van der Waals surface area contributed by atoms with Crippen LogP contribution in [0.15, 0.2) is 60.7 Å². The SMILES string of the molecule is CC=CC(=C(c1ccc(F)cc1)c1ccc(F)cc1)c1nnnn1C. The van der Waals surface area contributed by atoms with Crippen molar-refractivity contribution in [2.45, 2.75) is 6.92 Å². The third-order valence-corrected chi connectivity index (χ3v) is 3.73. The minimum atomic E-state index is -0.324. The van der Waals surface area contributed by atoms with E-state index in [1.165, 1.54) is 24.3 Å². The molecule has 3 rings (SSSR count). The Balaban J connectivity index is 2.33. The van der Waals surface area contributed by atoms with Crippen LogP contribution in [0.5, 0.6) is 0 Å². The number of allylic oxidation sites excluding steroid dienone is 3. The predicted octanol–water partition coefficient (Wildman–Crippen LogP) is 4.02. The van der Waals surface area contributed by atoms with Crippen LogP contribution in [0, 0.1) is 11.6 Å². The van der Waals surface area contributed by atoms with Crippen LogP contribution in [0.1, 0.15) is 23.9 Å². The molecule has 0 atom stereocenters. The topological polar surface area (TPSA) is 43.6 Å². The van der Waals surface area contributed by atoms with Gasteiger partial charge in [0.1, 0.15) is 11.6 Å². The van der Waals surface area contributed by atoms with E-state index in [2.05, 4.69) is 15.5 Å². The minimum Gasteiger partial charge on any atom is -0.229 e. The molecule has 126 valence electrons. The molecular weight excluding hydrogens is 322 g/mol. The first-order chi connectivity index (χ1) is 12.1. The molecule has 25 heavy (non-hydrogen) atoms. The lowest BCUT2D eigenvalue weighted by Crippen LogP contribution is -2.02. The third kappa shape index (κ3) is 3.52. The summed E-state index contributed by atoms with van der Waals surface area (Å²) in [6, 6.07) is 12.3. The molecule has 0 saturated heterocycles. The van der Waals surface area contributed by atoms with Gasteiger partial charge < -0.3 is 0 Å². The summed E-state index contributed by atoms with van der Waals surface area (Å²) < 4.78 is 28.3. The summed E-state index contributed by atoms with van der Waals surface area (Å²) >= 11 is 0. The van der Waals surface area contributed by atoms with Crippen LogP contribution >= 0.6 is 0 Å². The number of hydrogen-bond acceptors (Lipinski definition) is 3. The van der Waals surface area contributed by atoms with Crippen molar-refractivity contribution in [1.29, 1.82) is 0 Å². The quantitative estimate of drug-likeness (QED) is 0.675. The Morgan fingerprint density at radius 1 is 0.920 bits per heavy atom. The van der Waals surface area contributed by atoms with Gasteiger partial charge in [0.05, 0.1) is 0 Å². The van der Waals surface area contributed by atoms with E-state index >= 15 is 0 Å². The van der Waals surface area contributed by atoms with E-state index in [0.29, 0.717) is 5.82 Å². The maximum absolute atomic E-state index is 13.4. The summed E-state index contributed by atoms with van der Waals surface area (Å²) in [7, 11) is 1.74. The van der Waals surface area contributed by atoms with Gasteiger partial charge in [-0.25, -0.2) is 13.5 Å². The Bertz CT molecular complexity index is 875. The molecule has 0 aliphatic heterocycles. The van der Waals surface area contributed by atoms with Crippen molar-refractivity contribution in [1.82, 2.24) is 20.2 Å². The molecular formula is C19H16F2N4. The van der Waals surface area contributed by atoms with Gasteiger partial charge in [0.2, 0.25) is 0 Å². The van der Waals surface area contributed by atoms with Gasteiger partial charge in [-0.3, -0.25) is 0 Å². The van der Waals surface area contributed by atoms with Crippen molar-refractivity contribution in [2.75, 3.05) is 0 Å². The van der Waals surface area contributed by atoms with Crippen molar-refractivity contribution in [3.8, 4) is 0 Å². The van der Waals surface area contributed by atoms with Crippen LogP contribution in [-0.2, 0) is 7.05 Å². The van der Waals surface area contributed by atoms with Crippen LogP contribution in [0.2, 0.25) is 0 Å². The number of tetrazole rings is 1. The van der Waals surface area contributed by atoms with E-state index in [1.54, 1.807) is 36.0 Å². The average Bonchev–Trinajstić information content (AvgIpc) is 3.03. The summed E-state index contributed by atoms with van der Waals surface area (Å²) in [6.45, 7) is 1.89. The second kappa shape index (κ2) is 7.17. The van der Waals surface area contributed by atoms with Gasteiger partial charge in [-0.2, -0.15) is 0 Å². The van der Waals surface area contributed by atoms with Crippen molar-refractivity contribution >= 4 is 11.1 Å². The molecule has 0 aliphatic rings. The van der Waals surface area contributed by atoms with Crippen molar-refractivity contribution in [3.63, 3.8) is 0 Å². The Labute approximate surface area is 144 Å².